The molecule has 0 saturated heterocycles. The van der Waals surface area contributed by atoms with E-state index >= 15 is 0 Å². The van der Waals surface area contributed by atoms with Crippen molar-refractivity contribution in [2.45, 2.75) is 6.54 Å². The van der Waals surface area contributed by atoms with Crippen molar-refractivity contribution in [1.82, 2.24) is 9.88 Å². The van der Waals surface area contributed by atoms with Crippen LogP contribution in [0.2, 0.25) is 0 Å². The number of amides is 1. The first-order valence-corrected chi connectivity index (χ1v) is 5.60. The molecule has 4 heteroatoms. The average Bonchev–Trinajstić information content (AvgIpc) is 2.40. The maximum atomic E-state index is 10.8. The Balaban J connectivity index is 2.23. The van der Waals surface area contributed by atoms with Gasteiger partial charge in [-0.3, -0.25) is 4.98 Å². The van der Waals surface area contributed by atoms with E-state index in [9.17, 15) is 4.79 Å². The third-order valence-electron chi connectivity index (χ3n) is 2.67. The molecule has 1 N–H and O–H groups in total. The summed E-state index contributed by atoms with van der Waals surface area (Å²) in [7, 11) is 1.55. The Kier molecular flexibility index (Phi) is 3.57. The quantitative estimate of drug-likeness (QED) is 0.900. The molecule has 0 atom stereocenters. The normalized spacial score (nSPS) is 10.1. The van der Waals surface area contributed by atoms with Crippen molar-refractivity contribution in [3.63, 3.8) is 0 Å². The van der Waals surface area contributed by atoms with E-state index in [0.717, 1.165) is 16.7 Å². The number of hydrogen-bond donors (Lipinski definition) is 1. The summed E-state index contributed by atoms with van der Waals surface area (Å²) < 4.78 is 0. The number of hydrogen-bond acceptors (Lipinski definition) is 2. The predicted molar refractivity (Wildman–Crippen MR) is 69.2 cm³/mol. The van der Waals surface area contributed by atoms with E-state index in [-0.39, 0.29) is 0 Å². The van der Waals surface area contributed by atoms with Crippen LogP contribution in [0.4, 0.5) is 4.79 Å². The molecule has 0 aliphatic heterocycles. The summed E-state index contributed by atoms with van der Waals surface area (Å²) in [4.78, 5) is 16.1. The maximum Gasteiger partial charge on any atom is 0.407 e. The molecule has 0 saturated carbocycles. The molecule has 1 heterocycles. The van der Waals surface area contributed by atoms with E-state index in [1.54, 1.807) is 19.4 Å². The van der Waals surface area contributed by atoms with E-state index < -0.39 is 6.09 Å². The van der Waals surface area contributed by atoms with Gasteiger partial charge in [-0.1, -0.05) is 24.3 Å². The lowest BCUT2D eigenvalue weighted by Gasteiger charge is -2.13. The summed E-state index contributed by atoms with van der Waals surface area (Å²) in [5, 5.41) is 8.85. The lowest BCUT2D eigenvalue weighted by atomic mass is 10.0. The van der Waals surface area contributed by atoms with Crippen molar-refractivity contribution < 1.29 is 9.90 Å². The van der Waals surface area contributed by atoms with Crippen molar-refractivity contribution in [3.8, 4) is 11.1 Å². The minimum atomic E-state index is -0.929. The molecule has 0 radical (unpaired) electrons. The van der Waals surface area contributed by atoms with Gasteiger partial charge in [0, 0.05) is 26.0 Å². The largest absolute Gasteiger partial charge is 0.465 e. The molecule has 92 valence electrons. The molecule has 18 heavy (non-hydrogen) atoms. The molecule has 4 nitrogen and oxygen atoms in total. The van der Waals surface area contributed by atoms with Crippen molar-refractivity contribution >= 4 is 6.09 Å². The van der Waals surface area contributed by atoms with Crippen LogP contribution in [0.15, 0.2) is 48.8 Å². The number of rotatable bonds is 3. The zero-order valence-corrected chi connectivity index (χ0v) is 10.1. The average molecular weight is 242 g/mol. The summed E-state index contributed by atoms with van der Waals surface area (Å²) in [5.41, 5.74) is 3.03. The zero-order chi connectivity index (χ0) is 13.0. The van der Waals surface area contributed by atoms with Gasteiger partial charge in [0.25, 0.3) is 0 Å². The first-order chi connectivity index (χ1) is 8.66. The zero-order valence-electron chi connectivity index (χ0n) is 10.1. The molecule has 0 fully saturated rings. The molecule has 0 spiro atoms. The second kappa shape index (κ2) is 5.31. The lowest BCUT2D eigenvalue weighted by molar-refractivity contribution is 0.154. The van der Waals surface area contributed by atoms with Crippen LogP contribution in [0.1, 0.15) is 5.56 Å². The number of pyridine rings is 1. The minimum absolute atomic E-state index is 0.378. The highest BCUT2D eigenvalue weighted by Gasteiger charge is 2.06. The van der Waals surface area contributed by atoms with E-state index in [2.05, 4.69) is 4.98 Å². The van der Waals surface area contributed by atoms with Gasteiger partial charge in [0.15, 0.2) is 0 Å². The SMILES string of the molecule is CN(Cc1cccc(-c2cccnc2)c1)C(=O)O. The van der Waals surface area contributed by atoms with Crippen LogP contribution in [-0.4, -0.2) is 28.1 Å². The Bertz CT molecular complexity index is 541. The Hall–Kier alpha value is -2.36. The number of carboxylic acid groups (broad SMARTS) is 1. The van der Waals surface area contributed by atoms with Crippen molar-refractivity contribution in [2.24, 2.45) is 0 Å². The molecule has 1 aromatic carbocycles. The summed E-state index contributed by atoms with van der Waals surface area (Å²) in [5.74, 6) is 0. The van der Waals surface area contributed by atoms with E-state index in [1.807, 2.05) is 36.4 Å². The molecule has 0 unspecified atom stereocenters. The van der Waals surface area contributed by atoms with Crippen LogP contribution >= 0.6 is 0 Å². The Morgan fingerprint density at radius 3 is 2.72 bits per heavy atom. The fourth-order valence-electron chi connectivity index (χ4n) is 1.72. The number of aromatic nitrogens is 1. The summed E-state index contributed by atoms with van der Waals surface area (Å²) in [6, 6.07) is 11.7. The van der Waals surface area contributed by atoms with Crippen LogP contribution in [0, 0.1) is 0 Å². The van der Waals surface area contributed by atoms with Gasteiger partial charge < -0.3 is 10.0 Å². The number of nitrogens with zero attached hydrogens (tertiary/aromatic N) is 2. The van der Waals surface area contributed by atoms with Crippen molar-refractivity contribution in [2.75, 3.05) is 7.05 Å². The van der Waals surface area contributed by atoms with Crippen LogP contribution in [0.3, 0.4) is 0 Å². The molecule has 0 bridgehead atoms. The Morgan fingerprint density at radius 1 is 1.28 bits per heavy atom. The number of benzene rings is 1. The van der Waals surface area contributed by atoms with Crippen LogP contribution in [-0.2, 0) is 6.54 Å². The van der Waals surface area contributed by atoms with E-state index in [1.165, 1.54) is 4.90 Å². The highest BCUT2D eigenvalue weighted by atomic mass is 16.4. The second-order valence-electron chi connectivity index (χ2n) is 4.08. The highest BCUT2D eigenvalue weighted by Crippen LogP contribution is 2.19. The van der Waals surface area contributed by atoms with Gasteiger partial charge in [0.2, 0.25) is 0 Å². The van der Waals surface area contributed by atoms with Crippen molar-refractivity contribution in [1.29, 1.82) is 0 Å². The minimum Gasteiger partial charge on any atom is -0.465 e. The fraction of sp³-hybridized carbons (Fsp3) is 0.143. The first kappa shape index (κ1) is 12.1. The third-order valence-corrected chi connectivity index (χ3v) is 2.67. The van der Waals surface area contributed by atoms with E-state index in [4.69, 9.17) is 5.11 Å². The van der Waals surface area contributed by atoms with Crippen LogP contribution in [0.25, 0.3) is 11.1 Å². The summed E-state index contributed by atoms with van der Waals surface area (Å²) in [6.07, 6.45) is 2.59. The number of carbonyl (C=O) groups is 1. The van der Waals surface area contributed by atoms with Gasteiger partial charge in [-0.15, -0.1) is 0 Å². The fourth-order valence-corrected chi connectivity index (χ4v) is 1.72. The van der Waals surface area contributed by atoms with Gasteiger partial charge in [0.05, 0.1) is 0 Å². The molecule has 1 aromatic heterocycles. The molecule has 0 aliphatic rings. The van der Waals surface area contributed by atoms with Gasteiger partial charge in [-0.2, -0.15) is 0 Å². The second-order valence-corrected chi connectivity index (χ2v) is 4.08. The summed E-state index contributed by atoms with van der Waals surface area (Å²) in [6.45, 7) is 0.378. The highest BCUT2D eigenvalue weighted by molar-refractivity contribution is 5.65. The van der Waals surface area contributed by atoms with Crippen LogP contribution in [0.5, 0.6) is 0 Å². The van der Waals surface area contributed by atoms with Crippen LogP contribution < -0.4 is 0 Å². The topological polar surface area (TPSA) is 53.4 Å². The molecule has 1 amide bonds. The third kappa shape index (κ3) is 2.85. The maximum absolute atomic E-state index is 10.8. The molecular weight excluding hydrogens is 228 g/mol. The molecule has 0 aliphatic carbocycles. The van der Waals surface area contributed by atoms with Gasteiger partial charge in [-0.25, -0.2) is 4.79 Å². The van der Waals surface area contributed by atoms with Crippen molar-refractivity contribution in [3.05, 3.63) is 54.4 Å². The first-order valence-electron chi connectivity index (χ1n) is 5.60. The molecule has 2 rings (SSSR count). The molecule has 2 aromatic rings. The standard InChI is InChI=1S/C14H14N2O2/c1-16(14(17)18)10-11-4-2-5-12(8-11)13-6-3-7-15-9-13/h2-9H,10H2,1H3,(H,17,18). The van der Waals surface area contributed by atoms with E-state index in [0.29, 0.717) is 6.54 Å². The summed E-state index contributed by atoms with van der Waals surface area (Å²) >= 11 is 0. The van der Waals surface area contributed by atoms with Gasteiger partial charge >= 0.3 is 6.09 Å². The van der Waals surface area contributed by atoms with Gasteiger partial charge in [-0.05, 0) is 28.8 Å². The Labute approximate surface area is 106 Å². The smallest absolute Gasteiger partial charge is 0.407 e. The monoisotopic (exact) mass is 242 g/mol. The molecular formula is C14H14N2O2. The lowest BCUT2D eigenvalue weighted by Crippen LogP contribution is -2.23. The van der Waals surface area contributed by atoms with Gasteiger partial charge in [0.1, 0.15) is 0 Å². The predicted octanol–water partition coefficient (Wildman–Crippen LogP) is 2.86. The Morgan fingerprint density at radius 2 is 2.06 bits per heavy atom.